The molecule has 1 fully saturated rings. The Morgan fingerprint density at radius 1 is 1.58 bits per heavy atom. The van der Waals surface area contributed by atoms with E-state index in [0.29, 0.717) is 12.3 Å². The largest absolute Gasteiger partial charge is 0.356 e. The number of primary amides is 1. The van der Waals surface area contributed by atoms with Crippen LogP contribution in [0, 0.1) is 0 Å². The van der Waals surface area contributed by atoms with Gasteiger partial charge in [-0.1, -0.05) is 11.8 Å². The molecule has 0 aromatic heterocycles. The van der Waals surface area contributed by atoms with Crippen LogP contribution in [0.15, 0.2) is 0 Å². The van der Waals surface area contributed by atoms with Gasteiger partial charge in [-0.3, -0.25) is 14.4 Å². The van der Waals surface area contributed by atoms with E-state index in [4.69, 9.17) is 4.79 Å². The van der Waals surface area contributed by atoms with Crippen molar-refractivity contribution in [2.24, 2.45) is 5.73 Å². The highest BCUT2D eigenvalue weighted by atomic mass is 35.5. The Morgan fingerprint density at radius 3 is 2.33 bits per heavy atom. The fourth-order valence-corrected chi connectivity index (χ4v) is 1.04. The van der Waals surface area contributed by atoms with Gasteiger partial charge in [0.2, 0.25) is 0 Å². The first-order chi connectivity index (χ1) is 5.54. The van der Waals surface area contributed by atoms with Gasteiger partial charge in [-0.05, 0) is 11.6 Å². The summed E-state index contributed by atoms with van der Waals surface area (Å²) in [6.07, 6.45) is 0. The molecular formula is C5H7ClN2O3S. The minimum absolute atomic E-state index is 0.365. The Bertz CT molecular complexity index is 189. The van der Waals surface area contributed by atoms with Crippen LogP contribution in [0.2, 0.25) is 0 Å². The van der Waals surface area contributed by atoms with Crippen LogP contribution in [-0.2, 0) is 9.59 Å². The van der Waals surface area contributed by atoms with E-state index < -0.39 is 11.3 Å². The predicted molar refractivity (Wildman–Crippen MR) is 45.9 cm³/mol. The van der Waals surface area contributed by atoms with Crippen molar-refractivity contribution < 1.29 is 14.4 Å². The molecule has 1 heterocycles. The van der Waals surface area contributed by atoms with Crippen LogP contribution >= 0.6 is 23.4 Å². The van der Waals surface area contributed by atoms with E-state index in [1.807, 2.05) is 0 Å². The third-order valence-corrected chi connectivity index (χ3v) is 1.66. The van der Waals surface area contributed by atoms with Gasteiger partial charge in [0.1, 0.15) is 0 Å². The zero-order chi connectivity index (χ0) is 9.56. The molecule has 0 bridgehead atoms. The lowest BCUT2D eigenvalue weighted by Crippen LogP contribution is -2.35. The van der Waals surface area contributed by atoms with E-state index in [1.165, 1.54) is 0 Å². The van der Waals surface area contributed by atoms with Crippen LogP contribution in [0.3, 0.4) is 0 Å². The Morgan fingerprint density at radius 2 is 2.08 bits per heavy atom. The molecule has 0 aliphatic carbocycles. The monoisotopic (exact) mass is 210 g/mol. The van der Waals surface area contributed by atoms with Crippen molar-refractivity contribution in [3.05, 3.63) is 0 Å². The molecule has 5 nitrogen and oxygen atoms in total. The number of nitrogens with one attached hydrogen (secondary N) is 1. The molecule has 68 valence electrons. The number of hydrogen-bond donors (Lipinski definition) is 2. The Labute approximate surface area is 78.0 Å². The minimum Gasteiger partial charge on any atom is -0.356 e. The summed E-state index contributed by atoms with van der Waals surface area (Å²) >= 11 is 5.49. The maximum absolute atomic E-state index is 10.3. The highest BCUT2D eigenvalue weighted by Gasteiger charge is 2.17. The van der Waals surface area contributed by atoms with Crippen molar-refractivity contribution in [3.8, 4) is 0 Å². The maximum atomic E-state index is 10.3. The Hall–Kier alpha value is -0.750. The van der Waals surface area contributed by atoms with Gasteiger partial charge in [-0.15, -0.1) is 0 Å². The summed E-state index contributed by atoms with van der Waals surface area (Å²) in [7, 11) is 0. The molecule has 1 rings (SSSR count). The van der Waals surface area contributed by atoms with Gasteiger partial charge in [0, 0.05) is 12.3 Å². The Balaban J connectivity index is 0.000000261. The van der Waals surface area contributed by atoms with E-state index in [2.05, 4.69) is 22.7 Å². The molecule has 12 heavy (non-hydrogen) atoms. The topological polar surface area (TPSA) is 89.3 Å². The summed E-state index contributed by atoms with van der Waals surface area (Å²) in [4.78, 5) is 29.6. The van der Waals surface area contributed by atoms with Gasteiger partial charge in [0.15, 0.2) is 0 Å². The average molecular weight is 211 g/mol. The highest BCUT2D eigenvalue weighted by molar-refractivity contribution is 8.15. The minimum atomic E-state index is -0.861. The molecule has 0 aromatic carbocycles. The number of thioether (sulfide) groups is 1. The molecule has 1 aliphatic heterocycles. The predicted octanol–water partition coefficient (Wildman–Crippen LogP) is -0.320. The first-order valence-corrected chi connectivity index (χ1v) is 4.30. The molecule has 0 atom stereocenters. The van der Waals surface area contributed by atoms with Gasteiger partial charge in [-0.25, -0.2) is 0 Å². The van der Waals surface area contributed by atoms with Crippen LogP contribution in [0.4, 0.5) is 4.79 Å². The van der Waals surface area contributed by atoms with Crippen molar-refractivity contribution in [3.63, 3.8) is 0 Å². The lowest BCUT2D eigenvalue weighted by molar-refractivity contribution is -0.133. The third-order valence-electron chi connectivity index (χ3n) is 0.806. The first kappa shape index (κ1) is 11.2. The van der Waals surface area contributed by atoms with E-state index in [9.17, 15) is 9.59 Å². The molecule has 3 N–H and O–H groups in total. The smallest absolute Gasteiger partial charge is 0.311 e. The van der Waals surface area contributed by atoms with E-state index in [1.54, 1.807) is 0 Å². The molecule has 2 amide bonds. The standard InChI is InChI=1S/C4H5NO2S.CH2ClNO/c6-3-4(7)8-2-1-5-3;2-1(3)4/h1-2H2,(H,5,6);(H2,3,4). The summed E-state index contributed by atoms with van der Waals surface area (Å²) in [6.45, 7) is 0.620. The summed E-state index contributed by atoms with van der Waals surface area (Å²) in [5.41, 5.74) is 4.24. The molecule has 1 saturated heterocycles. The second kappa shape index (κ2) is 5.84. The van der Waals surface area contributed by atoms with Crippen molar-refractivity contribution in [2.75, 3.05) is 12.3 Å². The molecule has 0 radical (unpaired) electrons. The third kappa shape index (κ3) is 5.99. The molecule has 0 saturated carbocycles. The second-order valence-corrected chi connectivity index (χ2v) is 3.14. The van der Waals surface area contributed by atoms with Crippen molar-refractivity contribution >= 4 is 39.8 Å². The SMILES string of the molecule is NC(=O)Cl.O=C1NCCSC1=O. The zero-order valence-electron chi connectivity index (χ0n) is 6.00. The van der Waals surface area contributed by atoms with Crippen molar-refractivity contribution in [1.29, 1.82) is 0 Å². The Kier molecular flexibility index (Phi) is 5.48. The fourth-order valence-electron chi connectivity index (χ4n) is 0.446. The van der Waals surface area contributed by atoms with Crippen LogP contribution in [0.5, 0.6) is 0 Å². The summed E-state index contributed by atoms with van der Waals surface area (Å²) in [5.74, 6) is 0.256. The molecule has 1 aliphatic rings. The summed E-state index contributed by atoms with van der Waals surface area (Å²) in [6, 6.07) is 0. The number of amides is 2. The highest BCUT2D eigenvalue weighted by Crippen LogP contribution is 2.03. The quantitative estimate of drug-likeness (QED) is 0.326. The van der Waals surface area contributed by atoms with Crippen LogP contribution in [0.25, 0.3) is 0 Å². The fraction of sp³-hybridized carbons (Fsp3) is 0.400. The van der Waals surface area contributed by atoms with Crippen LogP contribution in [0.1, 0.15) is 0 Å². The van der Waals surface area contributed by atoms with E-state index in [0.717, 1.165) is 11.8 Å². The summed E-state index contributed by atoms with van der Waals surface area (Å²) < 4.78 is 0. The number of hydrogen-bond acceptors (Lipinski definition) is 4. The zero-order valence-corrected chi connectivity index (χ0v) is 7.57. The summed E-state index contributed by atoms with van der Waals surface area (Å²) in [5, 5.41) is 1.20. The molecule has 0 spiro atoms. The lowest BCUT2D eigenvalue weighted by atomic mass is 10.6. The van der Waals surface area contributed by atoms with Gasteiger partial charge in [-0.2, -0.15) is 0 Å². The molecule has 7 heteroatoms. The number of carbonyl (C=O) groups is 3. The van der Waals surface area contributed by atoms with Gasteiger partial charge >= 0.3 is 5.37 Å². The molecular weight excluding hydrogens is 204 g/mol. The molecule has 0 unspecified atom stereocenters. The van der Waals surface area contributed by atoms with Gasteiger partial charge in [0.05, 0.1) is 0 Å². The van der Waals surface area contributed by atoms with E-state index in [-0.39, 0.29) is 5.12 Å². The normalized spacial score (nSPS) is 15.8. The maximum Gasteiger partial charge on any atom is 0.311 e. The average Bonchev–Trinajstić information content (AvgIpc) is 1.94. The molecule has 0 aromatic rings. The van der Waals surface area contributed by atoms with Crippen LogP contribution in [-0.4, -0.2) is 28.7 Å². The first-order valence-electron chi connectivity index (χ1n) is 2.94. The van der Waals surface area contributed by atoms with Gasteiger partial charge < -0.3 is 11.1 Å². The number of rotatable bonds is 0. The van der Waals surface area contributed by atoms with E-state index >= 15 is 0 Å². The lowest BCUT2D eigenvalue weighted by Gasteiger charge is -2.07. The van der Waals surface area contributed by atoms with Crippen molar-refractivity contribution in [2.45, 2.75) is 0 Å². The second-order valence-electron chi connectivity index (χ2n) is 1.70. The van der Waals surface area contributed by atoms with Crippen LogP contribution < -0.4 is 11.1 Å². The van der Waals surface area contributed by atoms with Crippen molar-refractivity contribution in [1.82, 2.24) is 5.32 Å². The van der Waals surface area contributed by atoms with Gasteiger partial charge in [0.25, 0.3) is 11.0 Å². The number of nitrogens with two attached hydrogens (primary N) is 1. The number of halogens is 1. The number of carbonyl (C=O) groups excluding carboxylic acids is 3.